The van der Waals surface area contributed by atoms with E-state index in [1.54, 1.807) is 0 Å². The second-order valence-corrected chi connectivity index (χ2v) is 4.28. The SMILES string of the molecule is Cc1ccc(Br)c(NC(=O)CCC(=O)O)c1. The summed E-state index contributed by atoms with van der Waals surface area (Å²) in [6, 6.07) is 5.57. The summed E-state index contributed by atoms with van der Waals surface area (Å²) in [6.07, 6.45) is -0.176. The molecule has 0 unspecified atom stereocenters. The van der Waals surface area contributed by atoms with Gasteiger partial charge in [0.15, 0.2) is 0 Å². The predicted molar refractivity (Wildman–Crippen MR) is 64.4 cm³/mol. The maximum atomic E-state index is 11.4. The van der Waals surface area contributed by atoms with Crippen molar-refractivity contribution in [3.63, 3.8) is 0 Å². The normalized spacial score (nSPS) is 9.88. The highest BCUT2D eigenvalue weighted by Gasteiger charge is 2.07. The number of carbonyl (C=O) groups is 2. The third-order valence-electron chi connectivity index (χ3n) is 1.96. The molecule has 0 aliphatic heterocycles. The third kappa shape index (κ3) is 4.02. The second-order valence-electron chi connectivity index (χ2n) is 3.43. The van der Waals surface area contributed by atoms with Crippen LogP contribution in [-0.4, -0.2) is 17.0 Å². The number of benzene rings is 1. The molecule has 4 nitrogen and oxygen atoms in total. The molecule has 1 rings (SSSR count). The number of anilines is 1. The summed E-state index contributed by atoms with van der Waals surface area (Å²) >= 11 is 3.31. The molecule has 0 bridgehead atoms. The largest absolute Gasteiger partial charge is 0.481 e. The van der Waals surface area contributed by atoms with Gasteiger partial charge in [0.2, 0.25) is 5.91 Å². The van der Waals surface area contributed by atoms with Crippen molar-refractivity contribution in [2.75, 3.05) is 5.32 Å². The van der Waals surface area contributed by atoms with E-state index in [1.807, 2.05) is 25.1 Å². The molecule has 0 heterocycles. The highest BCUT2D eigenvalue weighted by molar-refractivity contribution is 9.10. The Labute approximate surface area is 102 Å². The van der Waals surface area contributed by atoms with Crippen LogP contribution in [0.5, 0.6) is 0 Å². The van der Waals surface area contributed by atoms with Crippen molar-refractivity contribution in [3.8, 4) is 0 Å². The second kappa shape index (κ2) is 5.65. The van der Waals surface area contributed by atoms with Crippen LogP contribution >= 0.6 is 15.9 Å². The van der Waals surface area contributed by atoms with Crippen molar-refractivity contribution >= 4 is 33.5 Å². The van der Waals surface area contributed by atoms with Gasteiger partial charge in [-0.2, -0.15) is 0 Å². The number of carboxylic acids is 1. The molecule has 0 aliphatic rings. The number of nitrogens with one attached hydrogen (secondary N) is 1. The minimum atomic E-state index is -0.974. The molecular weight excluding hydrogens is 274 g/mol. The Morgan fingerprint density at radius 2 is 2.06 bits per heavy atom. The van der Waals surface area contributed by atoms with Crippen molar-refractivity contribution in [2.24, 2.45) is 0 Å². The van der Waals surface area contributed by atoms with E-state index in [0.717, 1.165) is 10.0 Å². The molecule has 0 atom stereocenters. The van der Waals surface area contributed by atoms with Crippen LogP contribution in [0.4, 0.5) is 5.69 Å². The Balaban J connectivity index is 2.62. The van der Waals surface area contributed by atoms with Crippen LogP contribution in [0.2, 0.25) is 0 Å². The Bertz CT molecular complexity index is 418. The summed E-state index contributed by atoms with van der Waals surface area (Å²) in [5.74, 6) is -1.27. The number of carboxylic acid groups (broad SMARTS) is 1. The van der Waals surface area contributed by atoms with Crippen molar-refractivity contribution < 1.29 is 14.7 Å². The number of aliphatic carboxylic acids is 1. The highest BCUT2D eigenvalue weighted by atomic mass is 79.9. The smallest absolute Gasteiger partial charge is 0.303 e. The summed E-state index contributed by atoms with van der Waals surface area (Å²) < 4.78 is 0.779. The van der Waals surface area contributed by atoms with Gasteiger partial charge in [0.05, 0.1) is 12.1 Å². The van der Waals surface area contributed by atoms with Crippen molar-refractivity contribution in [3.05, 3.63) is 28.2 Å². The van der Waals surface area contributed by atoms with Crippen LogP contribution in [0.3, 0.4) is 0 Å². The number of halogens is 1. The lowest BCUT2D eigenvalue weighted by Gasteiger charge is -2.07. The number of carbonyl (C=O) groups excluding carboxylic acids is 1. The number of hydrogen-bond donors (Lipinski definition) is 2. The van der Waals surface area contributed by atoms with E-state index in [4.69, 9.17) is 5.11 Å². The Morgan fingerprint density at radius 3 is 2.69 bits per heavy atom. The molecule has 1 aromatic rings. The van der Waals surface area contributed by atoms with Gasteiger partial charge < -0.3 is 10.4 Å². The molecule has 1 aromatic carbocycles. The summed E-state index contributed by atoms with van der Waals surface area (Å²) in [5.41, 5.74) is 1.69. The monoisotopic (exact) mass is 285 g/mol. The molecule has 86 valence electrons. The van der Waals surface area contributed by atoms with Gasteiger partial charge in [0.25, 0.3) is 0 Å². The maximum Gasteiger partial charge on any atom is 0.303 e. The molecule has 0 saturated heterocycles. The number of hydrogen-bond acceptors (Lipinski definition) is 2. The first-order chi connectivity index (χ1) is 7.49. The van der Waals surface area contributed by atoms with Crippen LogP contribution in [0.25, 0.3) is 0 Å². The summed E-state index contributed by atoms with van der Waals surface area (Å²) in [4.78, 5) is 21.7. The minimum absolute atomic E-state index is 0.0181. The molecular formula is C11H12BrNO3. The number of aryl methyl sites for hydroxylation is 1. The topological polar surface area (TPSA) is 66.4 Å². The third-order valence-corrected chi connectivity index (χ3v) is 2.65. The first-order valence-electron chi connectivity index (χ1n) is 4.77. The average Bonchev–Trinajstić information content (AvgIpc) is 2.20. The predicted octanol–water partition coefficient (Wildman–Crippen LogP) is 2.56. The van der Waals surface area contributed by atoms with E-state index in [2.05, 4.69) is 21.2 Å². The molecule has 0 radical (unpaired) electrons. The summed E-state index contributed by atoms with van der Waals surface area (Å²) in [6.45, 7) is 1.92. The van der Waals surface area contributed by atoms with Crippen molar-refractivity contribution in [1.82, 2.24) is 0 Å². The quantitative estimate of drug-likeness (QED) is 0.894. The van der Waals surface area contributed by atoms with E-state index in [9.17, 15) is 9.59 Å². The molecule has 0 aliphatic carbocycles. The Kier molecular flexibility index (Phi) is 4.49. The van der Waals surface area contributed by atoms with E-state index in [-0.39, 0.29) is 18.7 Å². The fraction of sp³-hybridized carbons (Fsp3) is 0.273. The highest BCUT2D eigenvalue weighted by Crippen LogP contribution is 2.23. The van der Waals surface area contributed by atoms with E-state index < -0.39 is 5.97 Å². The van der Waals surface area contributed by atoms with Crippen LogP contribution in [0.1, 0.15) is 18.4 Å². The van der Waals surface area contributed by atoms with Crippen LogP contribution in [-0.2, 0) is 9.59 Å². The maximum absolute atomic E-state index is 11.4. The van der Waals surface area contributed by atoms with Gasteiger partial charge in [-0.1, -0.05) is 6.07 Å². The molecule has 16 heavy (non-hydrogen) atoms. The lowest BCUT2D eigenvalue weighted by molar-refractivity contribution is -0.138. The molecule has 5 heteroatoms. The zero-order valence-corrected chi connectivity index (χ0v) is 10.4. The molecule has 0 aromatic heterocycles. The number of amides is 1. The fourth-order valence-electron chi connectivity index (χ4n) is 1.17. The van der Waals surface area contributed by atoms with Gasteiger partial charge in [0.1, 0.15) is 0 Å². The van der Waals surface area contributed by atoms with Gasteiger partial charge >= 0.3 is 5.97 Å². The van der Waals surface area contributed by atoms with Gasteiger partial charge in [0, 0.05) is 10.9 Å². The molecule has 1 amide bonds. The summed E-state index contributed by atoms with van der Waals surface area (Å²) in [5, 5.41) is 11.1. The first-order valence-corrected chi connectivity index (χ1v) is 5.56. The van der Waals surface area contributed by atoms with E-state index >= 15 is 0 Å². The Morgan fingerprint density at radius 1 is 1.38 bits per heavy atom. The lowest BCUT2D eigenvalue weighted by atomic mass is 10.2. The summed E-state index contributed by atoms with van der Waals surface area (Å²) in [7, 11) is 0. The zero-order chi connectivity index (χ0) is 12.1. The van der Waals surface area contributed by atoms with Crippen LogP contribution in [0, 0.1) is 6.92 Å². The molecule has 2 N–H and O–H groups in total. The molecule has 0 spiro atoms. The van der Waals surface area contributed by atoms with Crippen molar-refractivity contribution in [2.45, 2.75) is 19.8 Å². The van der Waals surface area contributed by atoms with Crippen LogP contribution in [0.15, 0.2) is 22.7 Å². The van der Waals surface area contributed by atoms with Gasteiger partial charge in [-0.3, -0.25) is 9.59 Å². The van der Waals surface area contributed by atoms with Gasteiger partial charge in [-0.15, -0.1) is 0 Å². The van der Waals surface area contributed by atoms with Gasteiger partial charge in [-0.05, 0) is 40.5 Å². The van der Waals surface area contributed by atoms with Gasteiger partial charge in [-0.25, -0.2) is 0 Å². The number of rotatable bonds is 4. The molecule has 0 saturated carbocycles. The van der Waals surface area contributed by atoms with E-state index in [1.165, 1.54) is 0 Å². The minimum Gasteiger partial charge on any atom is -0.481 e. The average molecular weight is 286 g/mol. The van der Waals surface area contributed by atoms with Crippen molar-refractivity contribution in [1.29, 1.82) is 0 Å². The fourth-order valence-corrected chi connectivity index (χ4v) is 1.51. The zero-order valence-electron chi connectivity index (χ0n) is 8.79. The first kappa shape index (κ1) is 12.7. The standard InChI is InChI=1S/C11H12BrNO3/c1-7-2-3-8(12)9(6-7)13-10(14)4-5-11(15)16/h2-3,6H,4-5H2,1H3,(H,13,14)(H,15,16). The van der Waals surface area contributed by atoms with E-state index in [0.29, 0.717) is 5.69 Å². The Hall–Kier alpha value is -1.36. The van der Waals surface area contributed by atoms with Crippen LogP contribution < -0.4 is 5.32 Å². The lowest BCUT2D eigenvalue weighted by Crippen LogP contribution is -2.13. The molecule has 0 fully saturated rings.